The molecule has 118 valence electrons. The Labute approximate surface area is 146 Å². The summed E-state index contributed by atoms with van der Waals surface area (Å²) in [5.74, 6) is 0.926. The molecular formula is C18H23IN2O. The molecule has 4 heteroatoms. The van der Waals surface area contributed by atoms with E-state index in [2.05, 4.69) is 75.3 Å². The number of ether oxygens (including phenoxy) is 1. The highest BCUT2D eigenvalue weighted by atomic mass is 127. The SMILES string of the molecule is CNCCC(Oc1ccc(I)cc1N(C)C)c1ccccc1. The van der Waals surface area contributed by atoms with Crippen LogP contribution in [0.25, 0.3) is 0 Å². The molecule has 0 spiro atoms. The highest BCUT2D eigenvalue weighted by molar-refractivity contribution is 14.1. The number of benzene rings is 2. The van der Waals surface area contributed by atoms with Gasteiger partial charge in [-0.05, 0) is 59.9 Å². The van der Waals surface area contributed by atoms with Crippen LogP contribution in [0.3, 0.4) is 0 Å². The summed E-state index contributed by atoms with van der Waals surface area (Å²) in [5.41, 5.74) is 2.32. The summed E-state index contributed by atoms with van der Waals surface area (Å²) >= 11 is 2.33. The molecule has 3 nitrogen and oxygen atoms in total. The second-order valence-corrected chi connectivity index (χ2v) is 6.66. The third-order valence-electron chi connectivity index (χ3n) is 3.50. The minimum absolute atomic E-state index is 0.0485. The van der Waals surface area contributed by atoms with E-state index in [4.69, 9.17) is 4.74 Å². The summed E-state index contributed by atoms with van der Waals surface area (Å²) in [4.78, 5) is 2.09. The van der Waals surface area contributed by atoms with E-state index in [9.17, 15) is 0 Å². The molecule has 1 atom stereocenters. The van der Waals surface area contributed by atoms with E-state index < -0.39 is 0 Å². The van der Waals surface area contributed by atoms with Crippen molar-refractivity contribution in [1.82, 2.24) is 5.32 Å². The highest BCUT2D eigenvalue weighted by Crippen LogP contribution is 2.33. The lowest BCUT2D eigenvalue weighted by molar-refractivity contribution is 0.195. The fourth-order valence-corrected chi connectivity index (χ4v) is 2.80. The molecule has 0 heterocycles. The van der Waals surface area contributed by atoms with E-state index in [0.717, 1.165) is 24.4 Å². The summed E-state index contributed by atoms with van der Waals surface area (Å²) in [6, 6.07) is 16.7. The normalized spacial score (nSPS) is 12.0. The van der Waals surface area contributed by atoms with Gasteiger partial charge in [-0.1, -0.05) is 30.3 Å². The largest absolute Gasteiger partial charge is 0.484 e. The van der Waals surface area contributed by atoms with Crippen molar-refractivity contribution in [2.45, 2.75) is 12.5 Å². The fourth-order valence-electron chi connectivity index (χ4n) is 2.33. The van der Waals surface area contributed by atoms with Crippen LogP contribution in [0.5, 0.6) is 5.75 Å². The predicted molar refractivity (Wildman–Crippen MR) is 102 cm³/mol. The second kappa shape index (κ2) is 8.39. The quantitative estimate of drug-likeness (QED) is 0.697. The molecule has 0 saturated heterocycles. The van der Waals surface area contributed by atoms with Crippen LogP contribution in [-0.4, -0.2) is 27.7 Å². The lowest BCUT2D eigenvalue weighted by Crippen LogP contribution is -2.18. The Bertz CT molecular complexity index is 587. The molecule has 0 aliphatic carbocycles. The van der Waals surface area contributed by atoms with Gasteiger partial charge in [0.25, 0.3) is 0 Å². The number of anilines is 1. The van der Waals surface area contributed by atoms with Crippen molar-refractivity contribution in [2.24, 2.45) is 0 Å². The van der Waals surface area contributed by atoms with E-state index in [1.165, 1.54) is 9.13 Å². The Morgan fingerprint density at radius 2 is 1.86 bits per heavy atom. The Balaban J connectivity index is 2.27. The maximum absolute atomic E-state index is 6.37. The van der Waals surface area contributed by atoms with Gasteiger partial charge in [0.2, 0.25) is 0 Å². The van der Waals surface area contributed by atoms with Gasteiger partial charge in [-0.15, -0.1) is 0 Å². The maximum atomic E-state index is 6.37. The molecule has 0 aliphatic rings. The summed E-state index contributed by atoms with van der Waals surface area (Å²) in [7, 11) is 6.06. The van der Waals surface area contributed by atoms with Crippen LogP contribution in [0.4, 0.5) is 5.69 Å². The van der Waals surface area contributed by atoms with Gasteiger partial charge in [0.05, 0.1) is 5.69 Å². The number of halogens is 1. The maximum Gasteiger partial charge on any atom is 0.143 e. The Hall–Kier alpha value is -1.27. The molecule has 0 amide bonds. The first-order chi connectivity index (χ1) is 10.6. The van der Waals surface area contributed by atoms with Crippen LogP contribution < -0.4 is 15.0 Å². The molecule has 2 aromatic carbocycles. The topological polar surface area (TPSA) is 24.5 Å². The number of hydrogen-bond donors (Lipinski definition) is 1. The van der Waals surface area contributed by atoms with E-state index >= 15 is 0 Å². The van der Waals surface area contributed by atoms with Gasteiger partial charge in [-0.25, -0.2) is 0 Å². The molecule has 0 aliphatic heterocycles. The van der Waals surface area contributed by atoms with Gasteiger partial charge in [0, 0.05) is 24.1 Å². The molecule has 0 saturated carbocycles. The Morgan fingerprint density at radius 1 is 1.14 bits per heavy atom. The highest BCUT2D eigenvalue weighted by Gasteiger charge is 2.16. The summed E-state index contributed by atoms with van der Waals surface area (Å²) < 4.78 is 7.57. The lowest BCUT2D eigenvalue weighted by atomic mass is 10.1. The van der Waals surface area contributed by atoms with Gasteiger partial charge < -0.3 is 15.0 Å². The minimum atomic E-state index is 0.0485. The van der Waals surface area contributed by atoms with E-state index in [1.807, 2.05) is 27.2 Å². The average Bonchev–Trinajstić information content (AvgIpc) is 2.53. The predicted octanol–water partition coefficient (Wildman–Crippen LogP) is 4.09. The smallest absolute Gasteiger partial charge is 0.143 e. The fraction of sp³-hybridized carbons (Fsp3) is 0.333. The molecule has 1 unspecified atom stereocenters. The number of nitrogens with zero attached hydrogens (tertiary/aromatic N) is 1. The van der Waals surface area contributed by atoms with Crippen LogP contribution in [0.2, 0.25) is 0 Å². The third-order valence-corrected chi connectivity index (χ3v) is 4.17. The van der Waals surface area contributed by atoms with E-state index in [0.29, 0.717) is 0 Å². The van der Waals surface area contributed by atoms with Crippen LogP contribution in [0.15, 0.2) is 48.5 Å². The number of hydrogen-bond acceptors (Lipinski definition) is 3. The van der Waals surface area contributed by atoms with Gasteiger partial charge in [0.1, 0.15) is 11.9 Å². The lowest BCUT2D eigenvalue weighted by Gasteiger charge is -2.24. The minimum Gasteiger partial charge on any atom is -0.484 e. The van der Waals surface area contributed by atoms with Crippen molar-refractivity contribution < 1.29 is 4.74 Å². The first-order valence-corrected chi connectivity index (χ1v) is 8.52. The summed E-state index contributed by atoms with van der Waals surface area (Å²) in [6.45, 7) is 0.918. The van der Waals surface area contributed by atoms with E-state index in [-0.39, 0.29) is 6.10 Å². The Kier molecular flexibility index (Phi) is 6.51. The van der Waals surface area contributed by atoms with Crippen LogP contribution in [0.1, 0.15) is 18.1 Å². The van der Waals surface area contributed by atoms with Crippen molar-refractivity contribution in [2.75, 3.05) is 32.6 Å². The van der Waals surface area contributed by atoms with Crippen molar-refractivity contribution in [3.05, 3.63) is 57.7 Å². The zero-order valence-corrected chi connectivity index (χ0v) is 15.5. The van der Waals surface area contributed by atoms with Crippen molar-refractivity contribution in [1.29, 1.82) is 0 Å². The first-order valence-electron chi connectivity index (χ1n) is 7.45. The van der Waals surface area contributed by atoms with Crippen molar-refractivity contribution in [3.8, 4) is 5.75 Å². The molecule has 1 N–H and O–H groups in total. The molecule has 0 bridgehead atoms. The van der Waals surface area contributed by atoms with Crippen LogP contribution in [0, 0.1) is 3.57 Å². The van der Waals surface area contributed by atoms with Crippen LogP contribution in [-0.2, 0) is 0 Å². The molecule has 0 radical (unpaired) electrons. The molecule has 22 heavy (non-hydrogen) atoms. The van der Waals surface area contributed by atoms with Crippen molar-refractivity contribution in [3.63, 3.8) is 0 Å². The standard InChI is InChI=1S/C18H23IN2O/c1-20-12-11-17(14-7-5-4-6-8-14)22-18-10-9-15(19)13-16(18)21(2)3/h4-10,13,17,20H,11-12H2,1-3H3. The van der Waals surface area contributed by atoms with Gasteiger partial charge in [-0.2, -0.15) is 0 Å². The summed E-state index contributed by atoms with van der Waals surface area (Å²) in [5, 5.41) is 3.21. The van der Waals surface area contributed by atoms with Gasteiger partial charge in [0.15, 0.2) is 0 Å². The van der Waals surface area contributed by atoms with Crippen molar-refractivity contribution >= 4 is 28.3 Å². The zero-order chi connectivity index (χ0) is 15.9. The molecule has 0 fully saturated rings. The number of nitrogens with one attached hydrogen (secondary N) is 1. The van der Waals surface area contributed by atoms with Gasteiger partial charge in [-0.3, -0.25) is 0 Å². The molecular weight excluding hydrogens is 387 g/mol. The molecule has 0 aromatic heterocycles. The van der Waals surface area contributed by atoms with Gasteiger partial charge >= 0.3 is 0 Å². The molecule has 2 rings (SSSR count). The van der Waals surface area contributed by atoms with Crippen LogP contribution >= 0.6 is 22.6 Å². The third kappa shape index (κ3) is 4.61. The second-order valence-electron chi connectivity index (χ2n) is 5.42. The first kappa shape index (κ1) is 17.1. The average molecular weight is 410 g/mol. The number of rotatable bonds is 7. The monoisotopic (exact) mass is 410 g/mol. The summed E-state index contributed by atoms with van der Waals surface area (Å²) in [6.07, 6.45) is 0.978. The zero-order valence-electron chi connectivity index (χ0n) is 13.3. The Morgan fingerprint density at radius 3 is 2.50 bits per heavy atom. The molecule has 2 aromatic rings. The van der Waals surface area contributed by atoms with E-state index in [1.54, 1.807) is 0 Å².